The van der Waals surface area contributed by atoms with E-state index in [0.29, 0.717) is 18.1 Å². The second-order valence-electron chi connectivity index (χ2n) is 9.00. The number of benzene rings is 2. The molecule has 7 heteroatoms. The van der Waals surface area contributed by atoms with E-state index in [4.69, 9.17) is 18.7 Å². The predicted molar refractivity (Wildman–Crippen MR) is 138 cm³/mol. The Balaban J connectivity index is 1.47. The topological polar surface area (TPSA) is 74.0 Å². The number of amides is 1. The number of hydrogen-bond donors (Lipinski definition) is 0. The zero-order chi connectivity index (χ0) is 25.5. The third kappa shape index (κ3) is 5.90. The maximum atomic E-state index is 13.3. The number of carbonyl (C=O) groups is 1. The molecule has 2 aromatic carbocycles. The Morgan fingerprint density at radius 3 is 2.56 bits per heavy atom. The van der Waals surface area contributed by atoms with Crippen LogP contribution in [0, 0.1) is 13.8 Å². The van der Waals surface area contributed by atoms with E-state index >= 15 is 0 Å². The summed E-state index contributed by atoms with van der Waals surface area (Å²) < 4.78 is 22.0. The van der Waals surface area contributed by atoms with E-state index in [-0.39, 0.29) is 11.9 Å². The van der Waals surface area contributed by atoms with Crippen LogP contribution in [-0.2, 0) is 11.4 Å². The van der Waals surface area contributed by atoms with Gasteiger partial charge < -0.3 is 23.6 Å². The molecule has 1 saturated heterocycles. The molecule has 0 N–H and O–H groups in total. The molecule has 36 heavy (non-hydrogen) atoms. The number of ether oxygens (including phenoxy) is 3. The molecule has 1 unspecified atom stereocenters. The van der Waals surface area contributed by atoms with Gasteiger partial charge in [0.05, 0.1) is 31.5 Å². The van der Waals surface area contributed by atoms with Crippen molar-refractivity contribution in [3.63, 3.8) is 0 Å². The lowest BCUT2D eigenvalue weighted by atomic mass is 10.0. The molecule has 190 valence electrons. The Hall–Kier alpha value is -3.74. The molecule has 0 radical (unpaired) electrons. The number of hydrogen-bond acceptors (Lipinski definition) is 6. The summed E-state index contributed by atoms with van der Waals surface area (Å²) in [6.45, 7) is 4.84. The molecule has 4 rings (SSSR count). The number of carbonyl (C=O) groups excluding carboxylic acids is 1. The third-order valence-corrected chi connectivity index (χ3v) is 6.70. The summed E-state index contributed by atoms with van der Waals surface area (Å²) in [5.41, 5.74) is 3.74. The van der Waals surface area contributed by atoms with Crippen LogP contribution < -0.4 is 14.2 Å². The summed E-state index contributed by atoms with van der Waals surface area (Å²) in [7, 11) is 3.27. The molecule has 1 fully saturated rings. The van der Waals surface area contributed by atoms with Crippen molar-refractivity contribution in [2.45, 2.75) is 52.2 Å². The first-order valence-electron chi connectivity index (χ1n) is 12.4. The zero-order valence-electron chi connectivity index (χ0n) is 21.5. The summed E-state index contributed by atoms with van der Waals surface area (Å²) in [6.07, 6.45) is 7.69. The number of nitrogens with zero attached hydrogens (tertiary/aromatic N) is 2. The highest BCUT2D eigenvalue weighted by molar-refractivity contribution is 5.92. The predicted octanol–water partition coefficient (Wildman–Crippen LogP) is 6.04. The molecular formula is C29H34N2O5. The monoisotopic (exact) mass is 490 g/mol. The van der Waals surface area contributed by atoms with Crippen molar-refractivity contribution in [3.05, 3.63) is 76.7 Å². The van der Waals surface area contributed by atoms with Crippen molar-refractivity contribution < 1.29 is 23.5 Å². The van der Waals surface area contributed by atoms with Gasteiger partial charge in [-0.2, -0.15) is 0 Å². The minimum atomic E-state index is 0.00965. The number of rotatable bonds is 8. The van der Waals surface area contributed by atoms with Crippen LogP contribution in [0.5, 0.6) is 17.2 Å². The van der Waals surface area contributed by atoms with Crippen molar-refractivity contribution in [1.29, 1.82) is 0 Å². The Kier molecular flexibility index (Phi) is 8.31. The fourth-order valence-electron chi connectivity index (χ4n) is 4.57. The van der Waals surface area contributed by atoms with E-state index in [1.54, 1.807) is 20.3 Å². The maximum Gasteiger partial charge on any atom is 0.247 e. The Bertz CT molecular complexity index is 1180. The Labute approximate surface area is 212 Å². The minimum Gasteiger partial charge on any atom is -0.497 e. The van der Waals surface area contributed by atoms with Gasteiger partial charge in [-0.15, -0.1) is 0 Å². The number of likely N-dealkylation sites (tertiary alicyclic amines) is 1. The van der Waals surface area contributed by atoms with Crippen LogP contribution in [0.1, 0.15) is 59.9 Å². The van der Waals surface area contributed by atoms with Gasteiger partial charge in [0.15, 0.2) is 11.5 Å². The van der Waals surface area contributed by atoms with Gasteiger partial charge in [-0.05, 0) is 68.2 Å². The standard InChI is InChI=1S/C29H34N2O5/c1-20-25(21(2)36-30-20)19-35-27-15-9-22(18-28(27)34-4)10-16-29(32)31-17-7-5-6-8-26(31)23-11-13-24(33-3)14-12-23/h9-16,18,26H,5-8,17,19H2,1-4H3/b16-10+. The second kappa shape index (κ2) is 11.8. The highest BCUT2D eigenvalue weighted by atomic mass is 16.5. The SMILES string of the molecule is COc1ccc(C2CCCCCN2C(=O)/C=C/c2ccc(OCc3c(C)noc3C)c(OC)c2)cc1. The molecule has 1 amide bonds. The normalized spacial score (nSPS) is 16.1. The molecule has 0 spiro atoms. The highest BCUT2D eigenvalue weighted by Crippen LogP contribution is 2.32. The maximum absolute atomic E-state index is 13.3. The zero-order valence-corrected chi connectivity index (χ0v) is 21.5. The summed E-state index contributed by atoms with van der Waals surface area (Å²) in [4.78, 5) is 15.3. The van der Waals surface area contributed by atoms with Crippen molar-refractivity contribution in [1.82, 2.24) is 10.1 Å². The van der Waals surface area contributed by atoms with Crippen LogP contribution in [0.4, 0.5) is 0 Å². The third-order valence-electron chi connectivity index (χ3n) is 6.70. The first-order valence-corrected chi connectivity index (χ1v) is 12.4. The van der Waals surface area contributed by atoms with Crippen molar-refractivity contribution in [3.8, 4) is 17.2 Å². The molecule has 1 atom stereocenters. The molecule has 2 heterocycles. The summed E-state index contributed by atoms with van der Waals surface area (Å²) in [6, 6.07) is 13.7. The average molecular weight is 491 g/mol. The molecular weight excluding hydrogens is 456 g/mol. The van der Waals surface area contributed by atoms with Gasteiger partial charge in [0.2, 0.25) is 5.91 Å². The molecule has 0 aliphatic carbocycles. The lowest BCUT2D eigenvalue weighted by Crippen LogP contribution is -2.33. The molecule has 1 aliphatic rings. The largest absolute Gasteiger partial charge is 0.497 e. The van der Waals surface area contributed by atoms with Gasteiger partial charge in [-0.3, -0.25) is 4.79 Å². The van der Waals surface area contributed by atoms with Crippen LogP contribution in [0.25, 0.3) is 6.08 Å². The van der Waals surface area contributed by atoms with Crippen molar-refractivity contribution in [2.75, 3.05) is 20.8 Å². The molecule has 1 aromatic heterocycles. The van der Waals surface area contributed by atoms with Gasteiger partial charge in [-0.1, -0.05) is 36.2 Å². The van der Waals surface area contributed by atoms with E-state index < -0.39 is 0 Å². The quantitative estimate of drug-likeness (QED) is 0.358. The van der Waals surface area contributed by atoms with Gasteiger partial charge in [-0.25, -0.2) is 0 Å². The lowest BCUT2D eigenvalue weighted by Gasteiger charge is -2.29. The molecule has 1 aliphatic heterocycles. The molecule has 0 bridgehead atoms. The average Bonchev–Trinajstić information content (AvgIpc) is 3.08. The van der Waals surface area contributed by atoms with Crippen LogP contribution in [0.3, 0.4) is 0 Å². The van der Waals surface area contributed by atoms with Crippen molar-refractivity contribution >= 4 is 12.0 Å². The smallest absolute Gasteiger partial charge is 0.247 e. The number of aromatic nitrogens is 1. The summed E-state index contributed by atoms with van der Waals surface area (Å²) in [5.74, 6) is 2.79. The van der Waals surface area contributed by atoms with Gasteiger partial charge in [0, 0.05) is 12.6 Å². The second-order valence-corrected chi connectivity index (χ2v) is 9.00. The lowest BCUT2D eigenvalue weighted by molar-refractivity contribution is -0.128. The minimum absolute atomic E-state index is 0.00965. The van der Waals surface area contributed by atoms with E-state index in [0.717, 1.165) is 66.1 Å². The first kappa shape index (κ1) is 25.4. The van der Waals surface area contributed by atoms with Gasteiger partial charge in [0.25, 0.3) is 0 Å². The Morgan fingerprint density at radius 2 is 1.86 bits per heavy atom. The highest BCUT2D eigenvalue weighted by Gasteiger charge is 2.25. The first-order chi connectivity index (χ1) is 17.5. The Morgan fingerprint density at radius 1 is 1.06 bits per heavy atom. The number of aryl methyl sites for hydroxylation is 2. The summed E-state index contributed by atoms with van der Waals surface area (Å²) in [5, 5.41) is 3.97. The molecule has 0 saturated carbocycles. The fraction of sp³-hybridized carbons (Fsp3) is 0.379. The van der Waals surface area contributed by atoms with Crippen LogP contribution in [0.2, 0.25) is 0 Å². The van der Waals surface area contributed by atoms with Crippen LogP contribution in [0.15, 0.2) is 53.1 Å². The van der Waals surface area contributed by atoms with Gasteiger partial charge >= 0.3 is 0 Å². The van der Waals surface area contributed by atoms with E-state index in [1.165, 1.54) is 0 Å². The van der Waals surface area contributed by atoms with E-state index in [2.05, 4.69) is 17.3 Å². The fourth-order valence-corrected chi connectivity index (χ4v) is 4.57. The van der Waals surface area contributed by atoms with Crippen LogP contribution >= 0.6 is 0 Å². The van der Waals surface area contributed by atoms with E-state index in [1.807, 2.05) is 55.2 Å². The van der Waals surface area contributed by atoms with Crippen molar-refractivity contribution in [2.24, 2.45) is 0 Å². The summed E-state index contributed by atoms with van der Waals surface area (Å²) >= 11 is 0. The van der Waals surface area contributed by atoms with Crippen LogP contribution in [-0.4, -0.2) is 36.7 Å². The molecule has 7 nitrogen and oxygen atoms in total. The number of methoxy groups -OCH3 is 2. The van der Waals surface area contributed by atoms with Gasteiger partial charge in [0.1, 0.15) is 18.1 Å². The van der Waals surface area contributed by atoms with E-state index in [9.17, 15) is 4.79 Å². The molecule has 3 aromatic rings.